The molecule has 2 saturated heterocycles. The van der Waals surface area contributed by atoms with E-state index in [-0.39, 0.29) is 0 Å². The van der Waals surface area contributed by atoms with Crippen molar-refractivity contribution >= 4 is 17.5 Å². The number of anilines is 3. The Morgan fingerprint density at radius 2 is 1.44 bits per heavy atom. The standard InChI is InChI=1S/C23H27N5O.C7H16N2O/c1-2-6-19(7-3-1)20-8-4-9-21(18-20)26-23-25-12-10-22(27-23)24-11-5-13-28-14-16-29-17-15-28;8-2-1-3-9-4-6-10-7-5-9/h1-4,6-10,12,18H,5,11,13-17H2,(H2,24,25,26,27);1-8H2. The molecule has 2 aliphatic rings. The van der Waals surface area contributed by atoms with Crippen LogP contribution < -0.4 is 16.4 Å². The number of aromatic nitrogens is 2. The van der Waals surface area contributed by atoms with Crippen LogP contribution in [-0.2, 0) is 9.47 Å². The summed E-state index contributed by atoms with van der Waals surface area (Å²) < 4.78 is 10.6. The van der Waals surface area contributed by atoms with Gasteiger partial charge in [-0.2, -0.15) is 4.98 Å². The molecule has 0 radical (unpaired) electrons. The highest BCUT2D eigenvalue weighted by Gasteiger charge is 2.10. The van der Waals surface area contributed by atoms with Gasteiger partial charge in [0, 0.05) is 44.6 Å². The van der Waals surface area contributed by atoms with Crippen molar-refractivity contribution in [2.24, 2.45) is 5.73 Å². The Kier molecular flexibility index (Phi) is 12.4. The fraction of sp³-hybridized carbons (Fsp3) is 0.467. The van der Waals surface area contributed by atoms with E-state index in [0.29, 0.717) is 5.95 Å². The van der Waals surface area contributed by atoms with E-state index in [1.165, 1.54) is 5.56 Å². The lowest BCUT2D eigenvalue weighted by Crippen LogP contribution is -2.37. The molecule has 3 heterocycles. The van der Waals surface area contributed by atoms with Crippen molar-refractivity contribution in [3.8, 4) is 11.1 Å². The van der Waals surface area contributed by atoms with Crippen molar-refractivity contribution in [3.63, 3.8) is 0 Å². The molecule has 2 fully saturated rings. The molecule has 2 aromatic carbocycles. The van der Waals surface area contributed by atoms with Crippen molar-refractivity contribution in [1.82, 2.24) is 19.8 Å². The molecule has 0 aliphatic carbocycles. The average molecular weight is 534 g/mol. The van der Waals surface area contributed by atoms with Crippen LogP contribution in [-0.4, -0.2) is 98.6 Å². The maximum atomic E-state index is 5.39. The molecule has 0 saturated carbocycles. The summed E-state index contributed by atoms with van der Waals surface area (Å²) in [5.74, 6) is 1.43. The molecule has 0 amide bonds. The zero-order chi connectivity index (χ0) is 27.0. The molecule has 0 unspecified atom stereocenters. The highest BCUT2D eigenvalue weighted by atomic mass is 16.5. The summed E-state index contributed by atoms with van der Waals surface area (Å²) in [6, 6.07) is 20.5. The Hall–Kier alpha value is -3.08. The normalized spacial score (nSPS) is 16.2. The minimum Gasteiger partial charge on any atom is -0.379 e. The smallest absolute Gasteiger partial charge is 0.229 e. The van der Waals surface area contributed by atoms with Gasteiger partial charge in [-0.05, 0) is 61.8 Å². The molecule has 4 N–H and O–H groups in total. The summed E-state index contributed by atoms with van der Waals surface area (Å²) in [7, 11) is 0. The van der Waals surface area contributed by atoms with Crippen LogP contribution in [0, 0.1) is 0 Å². The summed E-state index contributed by atoms with van der Waals surface area (Å²) in [6.45, 7) is 11.6. The first kappa shape index (κ1) is 28.9. The molecule has 1 aromatic heterocycles. The van der Waals surface area contributed by atoms with Gasteiger partial charge in [-0.3, -0.25) is 9.80 Å². The van der Waals surface area contributed by atoms with Gasteiger partial charge in [0.15, 0.2) is 0 Å². The second kappa shape index (κ2) is 16.8. The molecule has 9 heteroatoms. The molecule has 39 heavy (non-hydrogen) atoms. The largest absolute Gasteiger partial charge is 0.379 e. The van der Waals surface area contributed by atoms with Crippen LogP contribution >= 0.6 is 0 Å². The molecule has 0 atom stereocenters. The van der Waals surface area contributed by atoms with Crippen LogP contribution in [0.1, 0.15) is 12.8 Å². The van der Waals surface area contributed by atoms with E-state index < -0.39 is 0 Å². The number of ether oxygens (including phenoxy) is 2. The lowest BCUT2D eigenvalue weighted by atomic mass is 10.1. The van der Waals surface area contributed by atoms with Gasteiger partial charge in [0.05, 0.1) is 26.4 Å². The number of morpholine rings is 2. The SMILES string of the molecule is NCCCN1CCOCC1.c1ccc(-c2cccc(Nc3nccc(NCCCN4CCOCC4)n3)c2)cc1. The lowest BCUT2D eigenvalue weighted by molar-refractivity contribution is 0.0377. The second-order valence-corrected chi connectivity index (χ2v) is 9.67. The molecular formula is C30H43N7O2. The van der Waals surface area contributed by atoms with E-state index in [9.17, 15) is 0 Å². The number of nitrogens with two attached hydrogens (primary N) is 1. The number of nitrogens with one attached hydrogen (secondary N) is 2. The van der Waals surface area contributed by atoms with Gasteiger partial charge in [-0.25, -0.2) is 4.98 Å². The van der Waals surface area contributed by atoms with E-state index in [2.05, 4.69) is 54.7 Å². The predicted octanol–water partition coefficient (Wildman–Crippen LogP) is 3.69. The van der Waals surface area contributed by atoms with Crippen LogP contribution in [0.3, 0.4) is 0 Å². The monoisotopic (exact) mass is 533 g/mol. The quantitative estimate of drug-likeness (QED) is 0.319. The molecule has 9 nitrogen and oxygen atoms in total. The summed E-state index contributed by atoms with van der Waals surface area (Å²) in [5.41, 5.74) is 8.70. The van der Waals surface area contributed by atoms with Crippen molar-refractivity contribution in [1.29, 1.82) is 0 Å². The van der Waals surface area contributed by atoms with Gasteiger partial charge < -0.3 is 25.8 Å². The summed E-state index contributed by atoms with van der Waals surface area (Å²) in [6.07, 6.45) is 3.96. The minimum atomic E-state index is 0.591. The lowest BCUT2D eigenvalue weighted by Gasteiger charge is -2.26. The molecule has 0 bridgehead atoms. The van der Waals surface area contributed by atoms with Crippen molar-refractivity contribution in [2.45, 2.75) is 12.8 Å². The van der Waals surface area contributed by atoms with Gasteiger partial charge >= 0.3 is 0 Å². The van der Waals surface area contributed by atoms with Crippen LogP contribution in [0.2, 0.25) is 0 Å². The highest BCUT2D eigenvalue weighted by Crippen LogP contribution is 2.23. The zero-order valence-corrected chi connectivity index (χ0v) is 22.9. The zero-order valence-electron chi connectivity index (χ0n) is 22.9. The maximum absolute atomic E-state index is 5.39. The summed E-state index contributed by atoms with van der Waals surface area (Å²) in [5, 5.41) is 6.71. The third kappa shape index (κ3) is 10.5. The van der Waals surface area contributed by atoms with Gasteiger partial charge in [0.1, 0.15) is 5.82 Å². The van der Waals surface area contributed by atoms with E-state index in [1.807, 2.05) is 36.4 Å². The van der Waals surface area contributed by atoms with E-state index in [1.54, 1.807) is 6.20 Å². The van der Waals surface area contributed by atoms with Crippen LogP contribution in [0.5, 0.6) is 0 Å². The molecule has 0 spiro atoms. The Morgan fingerprint density at radius 3 is 2.13 bits per heavy atom. The van der Waals surface area contributed by atoms with Gasteiger partial charge in [-0.15, -0.1) is 0 Å². The van der Waals surface area contributed by atoms with Crippen molar-refractivity contribution in [2.75, 3.05) is 89.4 Å². The fourth-order valence-electron chi connectivity index (χ4n) is 4.54. The average Bonchev–Trinajstić information content (AvgIpc) is 3.00. The second-order valence-electron chi connectivity index (χ2n) is 9.67. The first-order chi connectivity index (χ1) is 19.3. The van der Waals surface area contributed by atoms with Crippen LogP contribution in [0.25, 0.3) is 11.1 Å². The molecule has 5 rings (SSSR count). The highest BCUT2D eigenvalue weighted by molar-refractivity contribution is 5.69. The van der Waals surface area contributed by atoms with Crippen LogP contribution in [0.15, 0.2) is 66.9 Å². The first-order valence-electron chi connectivity index (χ1n) is 14.1. The third-order valence-corrected chi connectivity index (χ3v) is 6.72. The van der Waals surface area contributed by atoms with Crippen LogP contribution in [0.4, 0.5) is 17.5 Å². The minimum absolute atomic E-state index is 0.591. The van der Waals surface area contributed by atoms with Crippen molar-refractivity contribution < 1.29 is 9.47 Å². The Balaban J connectivity index is 0.000000298. The van der Waals surface area contributed by atoms with E-state index in [0.717, 1.165) is 109 Å². The number of benzene rings is 2. The molecule has 2 aliphatic heterocycles. The number of nitrogens with zero attached hydrogens (tertiary/aromatic N) is 4. The number of hydrogen-bond acceptors (Lipinski definition) is 9. The van der Waals surface area contributed by atoms with Gasteiger partial charge in [-0.1, -0.05) is 42.5 Å². The van der Waals surface area contributed by atoms with Gasteiger partial charge in [0.25, 0.3) is 0 Å². The first-order valence-corrected chi connectivity index (χ1v) is 14.1. The predicted molar refractivity (Wildman–Crippen MR) is 158 cm³/mol. The fourth-order valence-corrected chi connectivity index (χ4v) is 4.54. The molecular weight excluding hydrogens is 490 g/mol. The Labute approximate surface area is 232 Å². The summed E-state index contributed by atoms with van der Waals surface area (Å²) in [4.78, 5) is 13.8. The Bertz CT molecular complexity index is 1070. The molecule has 3 aromatic rings. The Morgan fingerprint density at radius 1 is 0.769 bits per heavy atom. The number of hydrogen-bond donors (Lipinski definition) is 3. The third-order valence-electron chi connectivity index (χ3n) is 6.72. The topological polar surface area (TPSA) is 101 Å². The maximum Gasteiger partial charge on any atom is 0.229 e. The van der Waals surface area contributed by atoms with Gasteiger partial charge in [0.2, 0.25) is 5.95 Å². The number of rotatable bonds is 11. The van der Waals surface area contributed by atoms with Crippen molar-refractivity contribution in [3.05, 3.63) is 66.9 Å². The molecule has 210 valence electrons. The van der Waals surface area contributed by atoms with E-state index in [4.69, 9.17) is 15.2 Å². The summed E-state index contributed by atoms with van der Waals surface area (Å²) >= 11 is 0. The van der Waals surface area contributed by atoms with E-state index >= 15 is 0 Å².